The van der Waals surface area contributed by atoms with Gasteiger partial charge in [-0.25, -0.2) is 9.79 Å². The number of nitrogens with one attached hydrogen (secondary N) is 1. The highest BCUT2D eigenvalue weighted by molar-refractivity contribution is 6.05. The lowest BCUT2D eigenvalue weighted by Crippen LogP contribution is -2.35. The van der Waals surface area contributed by atoms with E-state index < -0.39 is 0 Å². The SMILES string of the molecule is O=C(Nc1ccccc1)N1CCCC1=Nc1ccccc1. The maximum Gasteiger partial charge on any atom is 0.327 e. The molecule has 2 amide bonds. The van der Waals surface area contributed by atoms with E-state index in [9.17, 15) is 4.79 Å². The quantitative estimate of drug-likeness (QED) is 0.885. The Kier molecular flexibility index (Phi) is 3.96. The molecule has 0 saturated carbocycles. The van der Waals surface area contributed by atoms with Crippen LogP contribution in [0.15, 0.2) is 65.7 Å². The summed E-state index contributed by atoms with van der Waals surface area (Å²) in [5.41, 5.74) is 1.68. The van der Waals surface area contributed by atoms with Crippen molar-refractivity contribution in [3.63, 3.8) is 0 Å². The maximum absolute atomic E-state index is 12.3. The zero-order chi connectivity index (χ0) is 14.5. The molecule has 0 atom stereocenters. The Hall–Kier alpha value is -2.62. The number of nitrogens with zero attached hydrogens (tertiary/aromatic N) is 2. The van der Waals surface area contributed by atoms with Crippen molar-refractivity contribution in [3.05, 3.63) is 60.7 Å². The van der Waals surface area contributed by atoms with Crippen molar-refractivity contribution < 1.29 is 4.79 Å². The average Bonchev–Trinajstić information content (AvgIpc) is 2.97. The number of aliphatic imine (C=N–C) groups is 1. The number of carbonyl (C=O) groups is 1. The number of carbonyl (C=O) groups excluding carboxylic acids is 1. The highest BCUT2D eigenvalue weighted by Gasteiger charge is 2.24. The summed E-state index contributed by atoms with van der Waals surface area (Å²) in [4.78, 5) is 18.7. The van der Waals surface area contributed by atoms with E-state index in [1.54, 1.807) is 4.90 Å². The molecule has 0 unspecified atom stereocenters. The van der Waals surface area contributed by atoms with Gasteiger partial charge in [-0.1, -0.05) is 36.4 Å². The fourth-order valence-corrected chi connectivity index (χ4v) is 2.36. The second-order valence-corrected chi connectivity index (χ2v) is 4.91. The van der Waals surface area contributed by atoms with E-state index in [4.69, 9.17) is 0 Å². The summed E-state index contributed by atoms with van der Waals surface area (Å²) in [6.07, 6.45) is 1.78. The molecule has 0 spiro atoms. The molecule has 0 aliphatic carbocycles. The minimum atomic E-state index is -0.117. The van der Waals surface area contributed by atoms with Crippen LogP contribution < -0.4 is 5.32 Å². The third-order valence-electron chi connectivity index (χ3n) is 3.38. The fourth-order valence-electron chi connectivity index (χ4n) is 2.36. The number of hydrogen-bond acceptors (Lipinski definition) is 2. The van der Waals surface area contributed by atoms with Gasteiger partial charge in [-0.3, -0.25) is 4.90 Å². The van der Waals surface area contributed by atoms with Crippen LogP contribution in [0.5, 0.6) is 0 Å². The Labute approximate surface area is 124 Å². The molecule has 1 saturated heterocycles. The van der Waals surface area contributed by atoms with Gasteiger partial charge in [-0.15, -0.1) is 0 Å². The first-order chi connectivity index (χ1) is 10.3. The van der Waals surface area contributed by atoms with E-state index in [1.807, 2.05) is 60.7 Å². The number of rotatable bonds is 2. The second kappa shape index (κ2) is 6.22. The van der Waals surface area contributed by atoms with Gasteiger partial charge in [-0.2, -0.15) is 0 Å². The summed E-state index contributed by atoms with van der Waals surface area (Å²) in [5.74, 6) is 0.828. The molecule has 1 aliphatic rings. The lowest BCUT2D eigenvalue weighted by Gasteiger charge is -2.17. The predicted octanol–water partition coefficient (Wildman–Crippen LogP) is 4.04. The molecule has 3 rings (SSSR count). The summed E-state index contributed by atoms with van der Waals surface area (Å²) in [6, 6.07) is 19.1. The minimum Gasteiger partial charge on any atom is -0.308 e. The number of benzene rings is 2. The van der Waals surface area contributed by atoms with Crippen molar-refractivity contribution >= 4 is 23.2 Å². The average molecular weight is 279 g/mol. The number of hydrogen-bond donors (Lipinski definition) is 1. The number of urea groups is 1. The van der Waals surface area contributed by atoms with E-state index >= 15 is 0 Å². The Morgan fingerprint density at radius 2 is 1.67 bits per heavy atom. The van der Waals surface area contributed by atoms with Crippen LogP contribution in [0.1, 0.15) is 12.8 Å². The maximum atomic E-state index is 12.3. The van der Waals surface area contributed by atoms with Crippen molar-refractivity contribution in [1.29, 1.82) is 0 Å². The van der Waals surface area contributed by atoms with Gasteiger partial charge in [0.2, 0.25) is 0 Å². The van der Waals surface area contributed by atoms with E-state index in [1.165, 1.54) is 0 Å². The van der Waals surface area contributed by atoms with Crippen molar-refractivity contribution in [3.8, 4) is 0 Å². The summed E-state index contributed by atoms with van der Waals surface area (Å²) in [6.45, 7) is 0.713. The van der Waals surface area contributed by atoms with E-state index in [0.29, 0.717) is 6.54 Å². The molecule has 21 heavy (non-hydrogen) atoms. The first-order valence-corrected chi connectivity index (χ1v) is 7.09. The lowest BCUT2D eigenvalue weighted by atomic mass is 10.3. The van der Waals surface area contributed by atoms with Crippen LogP contribution in [-0.2, 0) is 0 Å². The number of amides is 2. The van der Waals surface area contributed by atoms with Crippen LogP contribution in [-0.4, -0.2) is 23.3 Å². The summed E-state index contributed by atoms with van der Waals surface area (Å²) in [5, 5.41) is 2.91. The second-order valence-electron chi connectivity index (χ2n) is 4.91. The molecular formula is C17H17N3O. The molecule has 2 aromatic carbocycles. The van der Waals surface area contributed by atoms with Gasteiger partial charge in [0.25, 0.3) is 0 Å². The molecule has 1 N–H and O–H groups in total. The molecule has 4 heteroatoms. The molecule has 106 valence electrons. The first kappa shape index (κ1) is 13.4. The van der Waals surface area contributed by atoms with E-state index in [2.05, 4.69) is 10.3 Å². The zero-order valence-electron chi connectivity index (χ0n) is 11.7. The molecule has 1 fully saturated rings. The van der Waals surface area contributed by atoms with Gasteiger partial charge in [0.15, 0.2) is 0 Å². The molecule has 1 heterocycles. The molecular weight excluding hydrogens is 262 g/mol. The molecule has 4 nitrogen and oxygen atoms in total. The van der Waals surface area contributed by atoms with Gasteiger partial charge in [-0.05, 0) is 30.7 Å². The van der Waals surface area contributed by atoms with Crippen molar-refractivity contribution in [2.24, 2.45) is 4.99 Å². The highest BCUT2D eigenvalue weighted by atomic mass is 16.2. The molecule has 2 aromatic rings. The van der Waals surface area contributed by atoms with Crippen LogP contribution >= 0.6 is 0 Å². The Balaban J connectivity index is 1.75. The van der Waals surface area contributed by atoms with E-state index in [0.717, 1.165) is 30.1 Å². The number of likely N-dealkylation sites (tertiary alicyclic amines) is 1. The summed E-state index contributed by atoms with van der Waals surface area (Å²) >= 11 is 0. The van der Waals surface area contributed by atoms with Gasteiger partial charge in [0, 0.05) is 18.7 Å². The Morgan fingerprint density at radius 1 is 1.00 bits per heavy atom. The van der Waals surface area contributed by atoms with Crippen LogP contribution in [0.25, 0.3) is 0 Å². The fraction of sp³-hybridized carbons (Fsp3) is 0.176. The largest absolute Gasteiger partial charge is 0.327 e. The molecule has 0 aromatic heterocycles. The third kappa shape index (κ3) is 3.28. The predicted molar refractivity (Wildman–Crippen MR) is 84.9 cm³/mol. The van der Waals surface area contributed by atoms with Crippen LogP contribution in [0.2, 0.25) is 0 Å². The Bertz CT molecular complexity index is 638. The van der Waals surface area contributed by atoms with Gasteiger partial charge in [0.05, 0.1) is 5.69 Å². The van der Waals surface area contributed by atoms with Gasteiger partial charge < -0.3 is 5.32 Å². The summed E-state index contributed by atoms with van der Waals surface area (Å²) in [7, 11) is 0. The molecule has 1 aliphatic heterocycles. The smallest absolute Gasteiger partial charge is 0.308 e. The lowest BCUT2D eigenvalue weighted by molar-refractivity contribution is 0.236. The van der Waals surface area contributed by atoms with Gasteiger partial charge in [0.1, 0.15) is 5.84 Å². The van der Waals surface area contributed by atoms with Crippen LogP contribution in [0.3, 0.4) is 0 Å². The minimum absolute atomic E-state index is 0.117. The van der Waals surface area contributed by atoms with Gasteiger partial charge >= 0.3 is 6.03 Å². The monoisotopic (exact) mass is 279 g/mol. The number of para-hydroxylation sites is 2. The van der Waals surface area contributed by atoms with Crippen molar-refractivity contribution in [2.75, 3.05) is 11.9 Å². The molecule has 0 radical (unpaired) electrons. The standard InChI is InChI=1S/C17H17N3O/c21-17(19-15-10-5-2-6-11-15)20-13-7-12-16(20)18-14-8-3-1-4-9-14/h1-6,8-11H,7,12-13H2,(H,19,21). The highest BCUT2D eigenvalue weighted by Crippen LogP contribution is 2.19. The zero-order valence-corrected chi connectivity index (χ0v) is 11.7. The summed E-state index contributed by atoms with van der Waals surface area (Å²) < 4.78 is 0. The van der Waals surface area contributed by atoms with Crippen LogP contribution in [0, 0.1) is 0 Å². The molecule has 0 bridgehead atoms. The number of anilines is 1. The first-order valence-electron chi connectivity index (χ1n) is 7.09. The van der Waals surface area contributed by atoms with Crippen molar-refractivity contribution in [1.82, 2.24) is 4.90 Å². The number of amidine groups is 1. The third-order valence-corrected chi connectivity index (χ3v) is 3.38. The Morgan fingerprint density at radius 3 is 2.38 bits per heavy atom. The van der Waals surface area contributed by atoms with Crippen LogP contribution in [0.4, 0.5) is 16.2 Å². The topological polar surface area (TPSA) is 44.7 Å². The van der Waals surface area contributed by atoms with Crippen molar-refractivity contribution in [2.45, 2.75) is 12.8 Å². The normalized spacial score (nSPS) is 16.2. The van der Waals surface area contributed by atoms with E-state index in [-0.39, 0.29) is 6.03 Å².